The first-order chi connectivity index (χ1) is 15.5. The molecule has 0 fully saturated rings. The molecule has 3 aromatic rings. The van der Waals surface area contributed by atoms with Gasteiger partial charge in [-0.15, -0.1) is 0 Å². The zero-order valence-corrected chi connectivity index (χ0v) is 19.4. The quantitative estimate of drug-likeness (QED) is 0.251. The van der Waals surface area contributed by atoms with Gasteiger partial charge in [0.05, 0.1) is 17.5 Å². The van der Waals surface area contributed by atoms with Crippen molar-refractivity contribution in [3.05, 3.63) is 70.4 Å². The zero-order chi connectivity index (χ0) is 22.9. The van der Waals surface area contributed by atoms with Crippen molar-refractivity contribution in [2.24, 2.45) is 12.2 Å². The van der Waals surface area contributed by atoms with E-state index < -0.39 is 0 Å². The van der Waals surface area contributed by atoms with Crippen LogP contribution in [0.2, 0.25) is 0 Å². The molecule has 3 rings (SSSR count). The van der Waals surface area contributed by atoms with Gasteiger partial charge in [0.25, 0.3) is 0 Å². The standard InChI is InChI=1S/C23H23Cl2N3O4/c1-4-30-26-15-21-16(2)27-28(3)23(21)32-20-11-9-19(10-12-20)31-18-7-5-17(6-8-18)29-14-13-22(24)25/h5-13,15H,4,14H2,1-3H3. The molecule has 9 heteroatoms. The molecule has 2 aromatic carbocycles. The lowest BCUT2D eigenvalue weighted by atomic mass is 10.2. The van der Waals surface area contributed by atoms with Crippen LogP contribution in [0.25, 0.3) is 0 Å². The molecule has 0 saturated carbocycles. The Morgan fingerprint density at radius 3 is 2.09 bits per heavy atom. The molecule has 1 aromatic heterocycles. The van der Waals surface area contributed by atoms with E-state index in [1.807, 2.05) is 57.3 Å². The van der Waals surface area contributed by atoms with Crippen molar-refractivity contribution in [1.29, 1.82) is 0 Å². The van der Waals surface area contributed by atoms with Gasteiger partial charge >= 0.3 is 0 Å². The van der Waals surface area contributed by atoms with Gasteiger partial charge in [-0.2, -0.15) is 5.10 Å². The van der Waals surface area contributed by atoms with Crippen molar-refractivity contribution >= 4 is 29.4 Å². The summed E-state index contributed by atoms with van der Waals surface area (Å²) in [6.07, 6.45) is 3.17. The number of hydrogen-bond donors (Lipinski definition) is 0. The first-order valence-corrected chi connectivity index (χ1v) is 10.6. The number of aryl methyl sites for hydroxylation is 2. The van der Waals surface area contributed by atoms with Crippen LogP contribution in [0.4, 0.5) is 0 Å². The van der Waals surface area contributed by atoms with Gasteiger partial charge < -0.3 is 19.0 Å². The number of oxime groups is 1. The predicted octanol–water partition coefficient (Wildman–Crippen LogP) is 6.38. The number of ether oxygens (including phenoxy) is 3. The highest BCUT2D eigenvalue weighted by Gasteiger charge is 2.14. The Morgan fingerprint density at radius 1 is 0.969 bits per heavy atom. The maximum atomic E-state index is 6.03. The average Bonchev–Trinajstić information content (AvgIpc) is 3.03. The molecule has 0 bridgehead atoms. The molecule has 0 spiro atoms. The first kappa shape index (κ1) is 23.5. The lowest BCUT2D eigenvalue weighted by molar-refractivity contribution is 0.160. The molecule has 168 valence electrons. The summed E-state index contributed by atoms with van der Waals surface area (Å²) in [6, 6.07) is 14.5. The van der Waals surface area contributed by atoms with Crippen LogP contribution in [0.1, 0.15) is 18.2 Å². The molecule has 7 nitrogen and oxygen atoms in total. The number of rotatable bonds is 10. The molecule has 0 saturated heterocycles. The van der Waals surface area contributed by atoms with E-state index in [2.05, 4.69) is 10.3 Å². The predicted molar refractivity (Wildman–Crippen MR) is 125 cm³/mol. The maximum Gasteiger partial charge on any atom is 0.226 e. The van der Waals surface area contributed by atoms with Crippen molar-refractivity contribution in [2.75, 3.05) is 13.2 Å². The number of nitrogens with zero attached hydrogens (tertiary/aromatic N) is 3. The fraction of sp³-hybridized carbons (Fsp3) is 0.217. The molecule has 0 aliphatic rings. The number of benzene rings is 2. The van der Waals surface area contributed by atoms with Gasteiger partial charge in [0.1, 0.15) is 40.7 Å². The molecule has 0 aliphatic carbocycles. The Bertz CT molecular complexity index is 1070. The van der Waals surface area contributed by atoms with E-state index in [4.69, 9.17) is 42.3 Å². The molecule has 0 N–H and O–H groups in total. The Hall–Kier alpha value is -3.16. The third-order valence-corrected chi connectivity index (χ3v) is 4.49. The van der Waals surface area contributed by atoms with Crippen LogP contribution in [-0.4, -0.2) is 29.2 Å². The van der Waals surface area contributed by atoms with Crippen LogP contribution in [0.5, 0.6) is 28.9 Å². The zero-order valence-electron chi connectivity index (χ0n) is 17.9. The van der Waals surface area contributed by atoms with E-state index in [-0.39, 0.29) is 4.49 Å². The number of hydrogen-bond acceptors (Lipinski definition) is 6. The van der Waals surface area contributed by atoms with Gasteiger partial charge in [-0.1, -0.05) is 28.4 Å². The molecule has 1 heterocycles. The lowest BCUT2D eigenvalue weighted by Gasteiger charge is -2.10. The second-order valence-corrected chi connectivity index (χ2v) is 7.54. The SMILES string of the molecule is CCON=Cc1c(C)nn(C)c1Oc1ccc(Oc2ccc(OCC=C(Cl)Cl)cc2)cc1. The Morgan fingerprint density at radius 2 is 1.53 bits per heavy atom. The van der Waals surface area contributed by atoms with E-state index in [1.165, 1.54) is 0 Å². The fourth-order valence-corrected chi connectivity index (χ4v) is 2.84. The van der Waals surface area contributed by atoms with E-state index in [1.54, 1.807) is 29.1 Å². The van der Waals surface area contributed by atoms with E-state index in [9.17, 15) is 0 Å². The molecular formula is C23H23Cl2N3O4. The summed E-state index contributed by atoms with van der Waals surface area (Å²) in [5.41, 5.74) is 1.55. The normalized spacial score (nSPS) is 10.8. The van der Waals surface area contributed by atoms with Gasteiger partial charge in [-0.25, -0.2) is 4.68 Å². The van der Waals surface area contributed by atoms with Crippen molar-refractivity contribution < 1.29 is 19.0 Å². The van der Waals surface area contributed by atoms with E-state index in [0.717, 1.165) is 11.3 Å². The van der Waals surface area contributed by atoms with Crippen LogP contribution in [-0.2, 0) is 11.9 Å². The highest BCUT2D eigenvalue weighted by Crippen LogP contribution is 2.29. The van der Waals surface area contributed by atoms with Gasteiger partial charge in [-0.3, -0.25) is 0 Å². The van der Waals surface area contributed by atoms with Crippen molar-refractivity contribution in [3.8, 4) is 28.9 Å². The first-order valence-electron chi connectivity index (χ1n) is 9.85. The highest BCUT2D eigenvalue weighted by molar-refractivity contribution is 6.55. The van der Waals surface area contributed by atoms with Gasteiger partial charge in [0.2, 0.25) is 5.88 Å². The van der Waals surface area contributed by atoms with Crippen LogP contribution < -0.4 is 14.2 Å². The second-order valence-electron chi connectivity index (χ2n) is 6.53. The van der Waals surface area contributed by atoms with Gasteiger partial charge in [-0.05, 0) is 68.5 Å². The van der Waals surface area contributed by atoms with Crippen LogP contribution in [0.15, 0.2) is 64.3 Å². The molecule has 0 unspecified atom stereocenters. The smallest absolute Gasteiger partial charge is 0.226 e. The monoisotopic (exact) mass is 475 g/mol. The van der Waals surface area contributed by atoms with Crippen molar-refractivity contribution in [1.82, 2.24) is 9.78 Å². The van der Waals surface area contributed by atoms with E-state index >= 15 is 0 Å². The molecular weight excluding hydrogens is 453 g/mol. The second kappa shape index (κ2) is 11.5. The topological polar surface area (TPSA) is 67.1 Å². The summed E-state index contributed by atoms with van der Waals surface area (Å²) >= 11 is 11.1. The molecule has 0 amide bonds. The summed E-state index contributed by atoms with van der Waals surface area (Å²) in [7, 11) is 1.81. The van der Waals surface area contributed by atoms with Crippen LogP contribution in [0, 0.1) is 6.92 Å². The fourth-order valence-electron chi connectivity index (χ4n) is 2.72. The minimum Gasteiger partial charge on any atom is -0.489 e. The summed E-state index contributed by atoms with van der Waals surface area (Å²) in [5, 5.41) is 8.31. The van der Waals surface area contributed by atoms with E-state index in [0.29, 0.717) is 42.1 Å². The van der Waals surface area contributed by atoms with Gasteiger partial charge in [0.15, 0.2) is 0 Å². The third kappa shape index (κ3) is 6.67. The minimum absolute atomic E-state index is 0.172. The summed E-state index contributed by atoms with van der Waals surface area (Å²) in [6.45, 7) is 4.54. The number of aromatic nitrogens is 2. The molecule has 0 radical (unpaired) electrons. The summed E-state index contributed by atoms with van der Waals surface area (Å²) in [4.78, 5) is 5.05. The molecule has 32 heavy (non-hydrogen) atoms. The maximum absolute atomic E-state index is 6.03. The Kier molecular flexibility index (Phi) is 8.41. The average molecular weight is 476 g/mol. The largest absolute Gasteiger partial charge is 0.489 e. The highest BCUT2D eigenvalue weighted by atomic mass is 35.5. The summed E-state index contributed by atoms with van der Waals surface area (Å²) in [5.74, 6) is 3.24. The van der Waals surface area contributed by atoms with Crippen molar-refractivity contribution in [3.63, 3.8) is 0 Å². The Labute approximate surface area is 196 Å². The molecule has 0 atom stereocenters. The minimum atomic E-state index is 0.172. The van der Waals surface area contributed by atoms with Gasteiger partial charge in [0, 0.05) is 7.05 Å². The lowest BCUT2D eigenvalue weighted by Crippen LogP contribution is -1.97. The van der Waals surface area contributed by atoms with Crippen LogP contribution >= 0.6 is 23.2 Å². The Balaban J connectivity index is 1.63. The summed E-state index contributed by atoms with van der Waals surface area (Å²) < 4.78 is 19.2. The van der Waals surface area contributed by atoms with Crippen molar-refractivity contribution in [2.45, 2.75) is 13.8 Å². The van der Waals surface area contributed by atoms with Crippen LogP contribution in [0.3, 0.4) is 0 Å². The number of halogens is 2. The molecule has 0 aliphatic heterocycles. The third-order valence-electron chi connectivity index (χ3n) is 4.18.